The first-order chi connectivity index (χ1) is 1.41. The van der Waals surface area contributed by atoms with Crippen LogP contribution in [0.2, 0.25) is 0 Å². The second-order valence-corrected chi connectivity index (χ2v) is 0.192. The van der Waals surface area contributed by atoms with E-state index in [1.807, 2.05) is 0 Å². The molecule has 0 amide bonds. The number of hydrogen-bond acceptors (Lipinski definition) is 0. The van der Waals surface area contributed by atoms with E-state index in [4.69, 9.17) is 0 Å². The van der Waals surface area contributed by atoms with E-state index in [1.54, 1.807) is 0 Å². The van der Waals surface area contributed by atoms with E-state index in [9.17, 15) is 0 Å². The normalized spacial score (nSPS) is 2.40. The number of nitrogens with two attached hydrogens (primary N) is 2. The fourth-order valence-corrected chi connectivity index (χ4v) is 0. The molecule has 0 fully saturated rings. The fraction of sp³-hybridized carbons (Fsp3) is 0. The van der Waals surface area contributed by atoms with Crippen LogP contribution in [0.15, 0.2) is 0 Å². The topological polar surface area (TPSA) is 51.6 Å². The zero-order chi connectivity index (χ0) is 2.71. The third-order valence-corrected chi connectivity index (χ3v) is 0. The van der Waals surface area contributed by atoms with Crippen molar-refractivity contribution in [1.82, 2.24) is 0 Å². The van der Waals surface area contributed by atoms with Gasteiger partial charge in [0.2, 0.25) is 6.34 Å². The summed E-state index contributed by atoms with van der Waals surface area (Å²) in [7, 11) is 0. The zero-order valence-corrected chi connectivity index (χ0v) is 8.08. The van der Waals surface area contributed by atoms with Gasteiger partial charge in [0, 0.05) is 27.3 Å². The predicted octanol–water partition coefficient (Wildman–Crippen LogP) is -5.64. The third-order valence-electron chi connectivity index (χ3n) is 0. The minimum atomic E-state index is 0. The van der Waals surface area contributed by atoms with Crippen molar-refractivity contribution in [1.29, 1.82) is 0 Å². The molecule has 0 aliphatic carbocycles. The summed E-state index contributed by atoms with van der Waals surface area (Å²) in [5, 5.41) is 4.50. The number of rotatable bonds is 0. The fourth-order valence-electron chi connectivity index (χ4n) is 0. The van der Waals surface area contributed by atoms with Gasteiger partial charge in [-0.2, -0.15) is 0 Å². The van der Waals surface area contributed by atoms with Gasteiger partial charge in [0.25, 0.3) is 0 Å². The van der Waals surface area contributed by atoms with Crippen LogP contribution < -0.4 is 28.1 Å². The molecule has 0 bridgehead atoms. The smallest absolute Gasteiger partial charge is 0.225 e. The first-order valence-corrected chi connectivity index (χ1v) is 0.667. The maximum absolute atomic E-state index is 4.50. The van der Waals surface area contributed by atoms with E-state index in [0.29, 0.717) is 0 Å². The molecule has 0 aromatic heterocycles. The largest absolute Gasteiger partial charge is 1.00 e. The standard InChI is InChI=1S/CH4N2.BrH.Pb/c2-1-3;;/h1H,(H3,2,3);1H;. The van der Waals surface area contributed by atoms with Gasteiger partial charge in [0.05, 0.1) is 0 Å². The zero-order valence-electron chi connectivity index (χ0n) is 2.61. The van der Waals surface area contributed by atoms with Crippen LogP contribution >= 0.6 is 0 Å². The first-order valence-electron chi connectivity index (χ1n) is 0.667. The minimum Gasteiger partial charge on any atom is -1.00 e. The van der Waals surface area contributed by atoms with E-state index in [1.165, 1.54) is 0 Å². The Hall–Kier alpha value is 0.872. The van der Waals surface area contributed by atoms with Crippen LogP contribution in [0.5, 0.6) is 0 Å². The summed E-state index contributed by atoms with van der Waals surface area (Å²) in [5.41, 5.74) is 4.50. The van der Waals surface area contributed by atoms with Crippen molar-refractivity contribution in [3.8, 4) is 0 Å². The first kappa shape index (κ1) is 16.9. The molecule has 0 aromatic carbocycles. The summed E-state index contributed by atoms with van der Waals surface area (Å²) in [6.45, 7) is 0. The molecule has 0 aliphatic rings. The molecule has 4 heteroatoms. The third kappa shape index (κ3) is 52.8. The Kier molecular flexibility index (Phi) is 70.4. The van der Waals surface area contributed by atoms with Crippen molar-refractivity contribution in [2.45, 2.75) is 0 Å². The van der Waals surface area contributed by atoms with Gasteiger partial charge in [0.15, 0.2) is 0 Å². The Balaban J connectivity index is -0.0000000200. The molecule has 0 saturated carbocycles. The molecule has 2 nitrogen and oxygen atoms in total. The van der Waals surface area contributed by atoms with Gasteiger partial charge in [-0.1, -0.05) is 0 Å². The molecule has 5 heavy (non-hydrogen) atoms. The van der Waals surface area contributed by atoms with Crippen molar-refractivity contribution in [3.05, 3.63) is 0 Å². The average Bonchev–Trinajstić information content (AvgIpc) is 0.918. The molecule has 0 aliphatic heterocycles. The summed E-state index contributed by atoms with van der Waals surface area (Å²) in [6.07, 6.45) is 1.00. The van der Waals surface area contributed by atoms with Crippen LogP contribution in [0.1, 0.15) is 0 Å². The molecular weight excluding hydrogens is 327 g/mol. The van der Waals surface area contributed by atoms with Gasteiger partial charge < -0.3 is 17.0 Å². The van der Waals surface area contributed by atoms with Crippen LogP contribution in [-0.4, -0.2) is 33.6 Å². The van der Waals surface area contributed by atoms with Crippen LogP contribution in [0.4, 0.5) is 0 Å². The molecule has 0 spiro atoms. The van der Waals surface area contributed by atoms with E-state index in [-0.39, 0.29) is 44.3 Å². The quantitative estimate of drug-likeness (QED) is 0.259. The monoisotopic (exact) mass is 332 g/mol. The van der Waals surface area contributed by atoms with Gasteiger partial charge in [-0.3, -0.25) is 11.1 Å². The Morgan fingerprint density at radius 1 is 1.60 bits per heavy atom. The summed E-state index contributed by atoms with van der Waals surface area (Å²) in [5.74, 6) is 0. The van der Waals surface area contributed by atoms with Crippen molar-refractivity contribution < 1.29 is 22.4 Å². The summed E-state index contributed by atoms with van der Waals surface area (Å²) >= 11 is 0. The molecule has 0 unspecified atom stereocenters. The summed E-state index contributed by atoms with van der Waals surface area (Å²) in [6, 6.07) is 0. The second kappa shape index (κ2) is 20.8. The maximum Gasteiger partial charge on any atom is 0.225 e. The van der Waals surface area contributed by atoms with Crippen molar-refractivity contribution >= 4 is 33.6 Å². The SMILES string of the molecule is NC=[NH2+].[Br-].[Pb]. The molecule has 0 heterocycles. The molecule has 0 saturated heterocycles. The minimum absolute atomic E-state index is 0. The van der Waals surface area contributed by atoms with Gasteiger partial charge in [-0.05, 0) is 0 Å². The summed E-state index contributed by atoms with van der Waals surface area (Å²) < 4.78 is 0. The van der Waals surface area contributed by atoms with E-state index in [0.717, 1.165) is 6.34 Å². The van der Waals surface area contributed by atoms with Crippen molar-refractivity contribution in [2.75, 3.05) is 0 Å². The van der Waals surface area contributed by atoms with Gasteiger partial charge in [-0.25, -0.2) is 0 Å². The van der Waals surface area contributed by atoms with Crippen LogP contribution in [-0.2, 0) is 0 Å². The molecular formula is CH5BrN2Pb. The van der Waals surface area contributed by atoms with Gasteiger partial charge >= 0.3 is 0 Å². The van der Waals surface area contributed by atoms with Crippen LogP contribution in [0, 0.1) is 0 Å². The molecule has 0 atom stereocenters. The maximum atomic E-state index is 4.50. The van der Waals surface area contributed by atoms with Crippen LogP contribution in [0.3, 0.4) is 0 Å². The van der Waals surface area contributed by atoms with Crippen molar-refractivity contribution in [2.24, 2.45) is 5.73 Å². The van der Waals surface area contributed by atoms with Gasteiger partial charge in [0.1, 0.15) is 0 Å². The molecule has 4 N–H and O–H groups in total. The second-order valence-electron chi connectivity index (χ2n) is 0.192. The Morgan fingerprint density at radius 3 is 1.60 bits per heavy atom. The Morgan fingerprint density at radius 2 is 1.60 bits per heavy atom. The molecule has 0 rings (SSSR count). The van der Waals surface area contributed by atoms with Crippen molar-refractivity contribution in [3.63, 3.8) is 0 Å². The predicted molar refractivity (Wildman–Crippen MR) is 17.9 cm³/mol. The van der Waals surface area contributed by atoms with Crippen LogP contribution in [0.25, 0.3) is 0 Å². The average molecular weight is 332 g/mol. The Labute approximate surface area is 61.6 Å². The van der Waals surface area contributed by atoms with E-state index in [2.05, 4.69) is 11.1 Å². The Bertz CT molecular complexity index is 17.1. The number of halogens is 1. The van der Waals surface area contributed by atoms with Gasteiger partial charge in [-0.15, -0.1) is 0 Å². The summed E-state index contributed by atoms with van der Waals surface area (Å²) in [4.78, 5) is 0. The molecule has 4 radical (unpaired) electrons. The molecule has 0 aromatic rings. The molecule has 30 valence electrons. The van der Waals surface area contributed by atoms with E-state index < -0.39 is 0 Å². The van der Waals surface area contributed by atoms with E-state index >= 15 is 0 Å². The number of hydrogen-bond donors (Lipinski definition) is 2.